The van der Waals surface area contributed by atoms with Crippen LogP contribution in [-0.4, -0.2) is 61.5 Å². The van der Waals surface area contributed by atoms with Crippen LogP contribution < -0.4 is 10.2 Å². The topological polar surface area (TPSA) is 72.4 Å². The van der Waals surface area contributed by atoms with Gasteiger partial charge in [0.2, 0.25) is 17.2 Å². The summed E-state index contributed by atoms with van der Waals surface area (Å²) >= 11 is 5.97. The monoisotopic (exact) mass is 315 g/mol. The fourth-order valence-corrected chi connectivity index (χ4v) is 2.29. The van der Waals surface area contributed by atoms with Gasteiger partial charge in [0.1, 0.15) is 0 Å². The van der Waals surface area contributed by atoms with Crippen molar-refractivity contribution in [1.82, 2.24) is 15.0 Å². The van der Waals surface area contributed by atoms with E-state index in [-0.39, 0.29) is 5.28 Å². The van der Waals surface area contributed by atoms with Crippen LogP contribution in [0.5, 0.6) is 0 Å². The van der Waals surface area contributed by atoms with Crippen LogP contribution in [0.4, 0.5) is 11.9 Å². The van der Waals surface area contributed by atoms with Crippen molar-refractivity contribution >= 4 is 23.5 Å². The highest BCUT2D eigenvalue weighted by molar-refractivity contribution is 6.28. The van der Waals surface area contributed by atoms with Crippen LogP contribution in [0.25, 0.3) is 0 Å². The Morgan fingerprint density at radius 2 is 1.90 bits per heavy atom. The molecule has 7 nitrogen and oxygen atoms in total. The number of piperidine rings is 1. The summed E-state index contributed by atoms with van der Waals surface area (Å²) in [6, 6.07) is 0. The van der Waals surface area contributed by atoms with Gasteiger partial charge in [0.05, 0.1) is 19.8 Å². The van der Waals surface area contributed by atoms with Crippen molar-refractivity contribution in [1.29, 1.82) is 0 Å². The Kier molecular flexibility index (Phi) is 6.91. The van der Waals surface area contributed by atoms with Crippen molar-refractivity contribution in [3.8, 4) is 0 Å². The standard InChI is InChI=1S/C13H22ClN5O2/c1-20-9-10-21-8-5-15-12-16-11(14)17-13(18-12)19-6-3-2-4-7-19/h2-10H2,1H3,(H,15,16,17,18). The second kappa shape index (κ2) is 8.96. The number of nitrogens with zero attached hydrogens (tertiary/aromatic N) is 4. The van der Waals surface area contributed by atoms with Gasteiger partial charge in [0.25, 0.3) is 0 Å². The molecule has 1 fully saturated rings. The number of ether oxygens (including phenoxy) is 2. The van der Waals surface area contributed by atoms with Crippen molar-refractivity contribution in [2.45, 2.75) is 19.3 Å². The molecule has 8 heteroatoms. The molecule has 1 aromatic rings. The highest BCUT2D eigenvalue weighted by Gasteiger charge is 2.15. The number of hydrogen-bond donors (Lipinski definition) is 1. The first kappa shape index (κ1) is 16.2. The molecule has 0 radical (unpaired) electrons. The minimum Gasteiger partial charge on any atom is -0.382 e. The Labute approximate surface area is 130 Å². The van der Waals surface area contributed by atoms with Crippen LogP contribution in [0.15, 0.2) is 0 Å². The van der Waals surface area contributed by atoms with Crippen molar-refractivity contribution < 1.29 is 9.47 Å². The highest BCUT2D eigenvalue weighted by atomic mass is 35.5. The summed E-state index contributed by atoms with van der Waals surface area (Å²) in [5.41, 5.74) is 0. The maximum Gasteiger partial charge on any atom is 0.231 e. The van der Waals surface area contributed by atoms with Crippen LogP contribution >= 0.6 is 11.6 Å². The van der Waals surface area contributed by atoms with Gasteiger partial charge < -0.3 is 19.7 Å². The van der Waals surface area contributed by atoms with Crippen molar-refractivity contribution in [3.63, 3.8) is 0 Å². The number of hydrogen-bond acceptors (Lipinski definition) is 7. The molecular weight excluding hydrogens is 294 g/mol. The van der Waals surface area contributed by atoms with E-state index in [9.17, 15) is 0 Å². The van der Waals surface area contributed by atoms with Crippen LogP contribution in [0.1, 0.15) is 19.3 Å². The van der Waals surface area contributed by atoms with Crippen molar-refractivity contribution in [2.75, 3.05) is 56.8 Å². The van der Waals surface area contributed by atoms with E-state index in [1.807, 2.05) is 0 Å². The van der Waals surface area contributed by atoms with Gasteiger partial charge in [0.15, 0.2) is 0 Å². The van der Waals surface area contributed by atoms with Gasteiger partial charge in [-0.15, -0.1) is 0 Å². The Hall–Kier alpha value is -1.18. The van der Waals surface area contributed by atoms with Crippen molar-refractivity contribution in [2.24, 2.45) is 0 Å². The third-order valence-electron chi connectivity index (χ3n) is 3.20. The minimum atomic E-state index is 0.216. The third-order valence-corrected chi connectivity index (χ3v) is 3.37. The number of nitrogens with one attached hydrogen (secondary N) is 1. The predicted octanol–water partition coefficient (Wildman–Crippen LogP) is 1.59. The molecule has 2 heterocycles. The van der Waals surface area contributed by atoms with Gasteiger partial charge in [-0.2, -0.15) is 15.0 Å². The largest absolute Gasteiger partial charge is 0.382 e. The normalized spacial score (nSPS) is 15.2. The van der Waals surface area contributed by atoms with E-state index in [1.165, 1.54) is 19.3 Å². The molecule has 0 saturated carbocycles. The fraction of sp³-hybridized carbons (Fsp3) is 0.769. The molecule has 0 aliphatic carbocycles. The lowest BCUT2D eigenvalue weighted by Gasteiger charge is -2.26. The molecule has 1 saturated heterocycles. The molecule has 0 amide bonds. The number of halogens is 1. The number of rotatable bonds is 8. The molecule has 0 atom stereocenters. The molecule has 1 N–H and O–H groups in total. The van der Waals surface area contributed by atoms with E-state index < -0.39 is 0 Å². The molecule has 0 aromatic carbocycles. The summed E-state index contributed by atoms with van der Waals surface area (Å²) < 4.78 is 10.3. The molecule has 1 aliphatic rings. The summed E-state index contributed by atoms with van der Waals surface area (Å²) in [6.45, 7) is 4.29. The van der Waals surface area contributed by atoms with Crippen LogP contribution in [0.3, 0.4) is 0 Å². The first-order valence-electron chi connectivity index (χ1n) is 7.26. The van der Waals surface area contributed by atoms with Crippen LogP contribution in [-0.2, 0) is 9.47 Å². The molecule has 1 aliphatic heterocycles. The van der Waals surface area contributed by atoms with E-state index in [4.69, 9.17) is 21.1 Å². The maximum atomic E-state index is 5.97. The van der Waals surface area contributed by atoms with Gasteiger partial charge in [-0.25, -0.2) is 0 Å². The smallest absolute Gasteiger partial charge is 0.231 e. The van der Waals surface area contributed by atoms with E-state index >= 15 is 0 Å². The zero-order valence-electron chi connectivity index (χ0n) is 12.3. The summed E-state index contributed by atoms with van der Waals surface area (Å²) in [5, 5.41) is 3.32. The number of methoxy groups -OCH3 is 1. The number of aromatic nitrogens is 3. The summed E-state index contributed by atoms with van der Waals surface area (Å²) in [4.78, 5) is 14.9. The minimum absolute atomic E-state index is 0.216. The van der Waals surface area contributed by atoms with E-state index in [1.54, 1.807) is 7.11 Å². The van der Waals surface area contributed by atoms with E-state index in [2.05, 4.69) is 25.2 Å². The number of anilines is 2. The Balaban J connectivity index is 1.83. The second-order valence-electron chi connectivity index (χ2n) is 4.81. The molecule has 0 spiro atoms. The van der Waals surface area contributed by atoms with Crippen LogP contribution in [0.2, 0.25) is 5.28 Å². The summed E-state index contributed by atoms with van der Waals surface area (Å²) in [5.74, 6) is 1.14. The van der Waals surface area contributed by atoms with Gasteiger partial charge in [-0.1, -0.05) is 0 Å². The lowest BCUT2D eigenvalue weighted by atomic mass is 10.1. The Bertz CT molecular complexity index is 429. The van der Waals surface area contributed by atoms with E-state index in [0.717, 1.165) is 13.1 Å². The second-order valence-corrected chi connectivity index (χ2v) is 5.15. The maximum absolute atomic E-state index is 5.97. The molecular formula is C13H22ClN5O2. The zero-order chi connectivity index (χ0) is 14.9. The molecule has 2 rings (SSSR count). The van der Waals surface area contributed by atoms with Gasteiger partial charge in [-0.05, 0) is 30.9 Å². The molecule has 1 aromatic heterocycles. The average molecular weight is 316 g/mol. The SMILES string of the molecule is COCCOCCNc1nc(Cl)nc(N2CCCCC2)n1. The fourth-order valence-electron chi connectivity index (χ4n) is 2.13. The highest BCUT2D eigenvalue weighted by Crippen LogP contribution is 2.18. The summed E-state index contributed by atoms with van der Waals surface area (Å²) in [7, 11) is 1.65. The van der Waals surface area contributed by atoms with Crippen LogP contribution in [0, 0.1) is 0 Å². The Morgan fingerprint density at radius 3 is 2.67 bits per heavy atom. The Morgan fingerprint density at radius 1 is 1.10 bits per heavy atom. The van der Waals surface area contributed by atoms with Gasteiger partial charge in [0, 0.05) is 26.7 Å². The van der Waals surface area contributed by atoms with Gasteiger partial charge >= 0.3 is 0 Å². The lowest BCUT2D eigenvalue weighted by Crippen LogP contribution is -2.31. The van der Waals surface area contributed by atoms with Crippen molar-refractivity contribution in [3.05, 3.63) is 5.28 Å². The molecule has 21 heavy (non-hydrogen) atoms. The molecule has 0 unspecified atom stereocenters. The summed E-state index contributed by atoms with van der Waals surface area (Å²) in [6.07, 6.45) is 3.60. The van der Waals surface area contributed by atoms with Gasteiger partial charge in [-0.3, -0.25) is 0 Å². The van der Waals surface area contributed by atoms with E-state index in [0.29, 0.717) is 38.3 Å². The first-order chi connectivity index (χ1) is 10.3. The third kappa shape index (κ3) is 5.61. The lowest BCUT2D eigenvalue weighted by molar-refractivity contribution is 0.0759. The predicted molar refractivity (Wildman–Crippen MR) is 82.1 cm³/mol. The quantitative estimate of drug-likeness (QED) is 0.730. The first-order valence-corrected chi connectivity index (χ1v) is 7.64. The average Bonchev–Trinajstić information content (AvgIpc) is 2.51. The molecule has 0 bridgehead atoms. The molecule has 118 valence electrons. The zero-order valence-corrected chi connectivity index (χ0v) is 13.1.